The first-order chi connectivity index (χ1) is 10.2. The first-order valence-electron chi connectivity index (χ1n) is 7.19. The smallest absolute Gasteiger partial charge is 0.255 e. The number of piperazine rings is 1. The first kappa shape index (κ1) is 15.9. The van der Waals surface area contributed by atoms with Crippen molar-refractivity contribution < 1.29 is 4.79 Å². The molecule has 1 aromatic heterocycles. The fourth-order valence-electron chi connectivity index (χ4n) is 2.55. The second-order valence-electron chi connectivity index (χ2n) is 5.15. The molecule has 0 saturated carbocycles. The van der Waals surface area contributed by atoms with E-state index in [1.807, 2.05) is 4.90 Å². The van der Waals surface area contributed by atoms with Gasteiger partial charge in [0, 0.05) is 43.0 Å². The maximum Gasteiger partial charge on any atom is 0.255 e. The molecular formula is C15H19BrN4O. The van der Waals surface area contributed by atoms with Crippen LogP contribution in [-0.2, 0) is 0 Å². The lowest BCUT2D eigenvalue weighted by molar-refractivity contribution is 0.0600. The zero-order valence-corrected chi connectivity index (χ0v) is 13.7. The fourth-order valence-corrected chi connectivity index (χ4v) is 2.92. The van der Waals surface area contributed by atoms with Gasteiger partial charge in [0.25, 0.3) is 5.91 Å². The number of pyridine rings is 1. The van der Waals surface area contributed by atoms with E-state index < -0.39 is 0 Å². The predicted molar refractivity (Wildman–Crippen MR) is 83.7 cm³/mol. The Hall–Kier alpha value is -1.45. The van der Waals surface area contributed by atoms with Crippen LogP contribution in [0.2, 0.25) is 0 Å². The van der Waals surface area contributed by atoms with E-state index >= 15 is 0 Å². The number of nitriles is 1. The summed E-state index contributed by atoms with van der Waals surface area (Å²) in [6, 6.07) is 4.12. The van der Waals surface area contributed by atoms with E-state index in [-0.39, 0.29) is 11.9 Å². The topological polar surface area (TPSA) is 60.2 Å². The van der Waals surface area contributed by atoms with E-state index in [2.05, 4.69) is 38.8 Å². The summed E-state index contributed by atoms with van der Waals surface area (Å²) in [5.74, 6) is 0.00690. The Balaban J connectivity index is 1.95. The highest BCUT2D eigenvalue weighted by atomic mass is 79.9. The summed E-state index contributed by atoms with van der Waals surface area (Å²) in [5.41, 5.74) is 0.600. The van der Waals surface area contributed by atoms with E-state index in [9.17, 15) is 10.1 Å². The zero-order chi connectivity index (χ0) is 15.2. The minimum absolute atomic E-state index is 0.00690. The van der Waals surface area contributed by atoms with Crippen molar-refractivity contribution in [3.8, 4) is 6.07 Å². The van der Waals surface area contributed by atoms with Gasteiger partial charge in [-0.1, -0.05) is 13.3 Å². The maximum absolute atomic E-state index is 12.4. The molecule has 0 radical (unpaired) electrons. The predicted octanol–water partition coefficient (Wildman–Crippen LogP) is 2.29. The average molecular weight is 351 g/mol. The van der Waals surface area contributed by atoms with Crippen LogP contribution in [0, 0.1) is 11.3 Å². The Morgan fingerprint density at radius 1 is 1.43 bits per heavy atom. The number of hydrogen-bond acceptors (Lipinski definition) is 4. The molecule has 0 bridgehead atoms. The van der Waals surface area contributed by atoms with Crippen molar-refractivity contribution in [3.05, 3.63) is 28.5 Å². The molecule has 112 valence electrons. The third-order valence-corrected chi connectivity index (χ3v) is 4.14. The summed E-state index contributed by atoms with van der Waals surface area (Å²) in [5, 5.41) is 9.21. The van der Waals surface area contributed by atoms with Crippen LogP contribution in [0.3, 0.4) is 0 Å². The van der Waals surface area contributed by atoms with Crippen LogP contribution in [0.25, 0.3) is 0 Å². The first-order valence-corrected chi connectivity index (χ1v) is 7.98. The average Bonchev–Trinajstić information content (AvgIpc) is 2.52. The van der Waals surface area contributed by atoms with Crippen molar-refractivity contribution in [1.29, 1.82) is 5.26 Å². The molecule has 1 fully saturated rings. The van der Waals surface area contributed by atoms with E-state index in [0.717, 1.165) is 30.4 Å². The van der Waals surface area contributed by atoms with Crippen molar-refractivity contribution in [1.82, 2.24) is 14.8 Å². The van der Waals surface area contributed by atoms with Crippen LogP contribution in [0.5, 0.6) is 0 Å². The van der Waals surface area contributed by atoms with Crippen LogP contribution in [0.15, 0.2) is 22.9 Å². The number of rotatable bonds is 4. The highest BCUT2D eigenvalue weighted by Crippen LogP contribution is 2.15. The Bertz CT molecular complexity index is 535. The molecule has 1 amide bonds. The van der Waals surface area contributed by atoms with Gasteiger partial charge in [-0.25, -0.2) is 0 Å². The second-order valence-corrected chi connectivity index (χ2v) is 6.07. The molecule has 0 N–H and O–H groups in total. The number of carbonyl (C=O) groups excluding carboxylic acids is 1. The lowest BCUT2D eigenvalue weighted by atomic mass is 10.1. The normalized spacial score (nSPS) is 17.3. The SMILES string of the molecule is CCCC(C#N)N1CCN(C(=O)c2cncc(Br)c2)CC1. The van der Waals surface area contributed by atoms with E-state index in [1.54, 1.807) is 18.5 Å². The molecular weight excluding hydrogens is 332 g/mol. The molecule has 1 aliphatic rings. The van der Waals surface area contributed by atoms with E-state index in [1.165, 1.54) is 0 Å². The highest BCUT2D eigenvalue weighted by Gasteiger charge is 2.26. The summed E-state index contributed by atoms with van der Waals surface area (Å²) in [6.07, 6.45) is 5.15. The van der Waals surface area contributed by atoms with E-state index in [0.29, 0.717) is 18.7 Å². The maximum atomic E-state index is 12.4. The largest absolute Gasteiger partial charge is 0.336 e. The number of hydrogen-bond donors (Lipinski definition) is 0. The van der Waals surface area contributed by atoms with Crippen LogP contribution in [-0.4, -0.2) is 52.9 Å². The summed E-state index contributed by atoms with van der Waals surface area (Å²) in [4.78, 5) is 20.4. The second kappa shape index (κ2) is 7.53. The monoisotopic (exact) mass is 350 g/mol. The molecule has 0 aliphatic carbocycles. The fraction of sp³-hybridized carbons (Fsp3) is 0.533. The molecule has 0 spiro atoms. The van der Waals surface area contributed by atoms with Crippen molar-refractivity contribution in [3.63, 3.8) is 0 Å². The third kappa shape index (κ3) is 4.02. The van der Waals surface area contributed by atoms with Crippen LogP contribution in [0.4, 0.5) is 0 Å². The van der Waals surface area contributed by atoms with Crippen LogP contribution in [0.1, 0.15) is 30.1 Å². The number of carbonyl (C=O) groups is 1. The van der Waals surface area contributed by atoms with Gasteiger partial charge in [0.15, 0.2) is 0 Å². The van der Waals surface area contributed by atoms with Crippen LogP contribution < -0.4 is 0 Å². The molecule has 21 heavy (non-hydrogen) atoms. The molecule has 2 heterocycles. The molecule has 1 unspecified atom stereocenters. The molecule has 1 aromatic rings. The molecule has 0 aromatic carbocycles. The lowest BCUT2D eigenvalue weighted by Gasteiger charge is -2.36. The Morgan fingerprint density at radius 3 is 2.71 bits per heavy atom. The van der Waals surface area contributed by atoms with Gasteiger partial charge in [-0.3, -0.25) is 14.7 Å². The molecule has 2 rings (SSSR count). The number of halogens is 1. The van der Waals surface area contributed by atoms with Crippen molar-refractivity contribution >= 4 is 21.8 Å². The van der Waals surface area contributed by atoms with E-state index in [4.69, 9.17) is 0 Å². The standard InChI is InChI=1S/C15H19BrN4O/c1-2-3-14(9-17)19-4-6-20(7-5-19)15(21)12-8-13(16)11-18-10-12/h8,10-11,14H,2-7H2,1H3. The number of nitrogens with zero attached hydrogens (tertiary/aromatic N) is 4. The van der Waals surface area contributed by atoms with Crippen molar-refractivity contribution in [2.75, 3.05) is 26.2 Å². The van der Waals surface area contributed by atoms with Crippen LogP contribution >= 0.6 is 15.9 Å². The molecule has 1 atom stereocenters. The van der Waals surface area contributed by atoms with Gasteiger partial charge in [0.05, 0.1) is 17.7 Å². The third-order valence-electron chi connectivity index (χ3n) is 3.71. The molecule has 6 heteroatoms. The minimum Gasteiger partial charge on any atom is -0.336 e. The minimum atomic E-state index is -0.0280. The summed E-state index contributed by atoms with van der Waals surface area (Å²) < 4.78 is 0.805. The Kier molecular flexibility index (Phi) is 5.71. The Labute approximate surface area is 133 Å². The van der Waals surface area contributed by atoms with Gasteiger partial charge in [-0.05, 0) is 28.4 Å². The Morgan fingerprint density at radius 2 is 2.14 bits per heavy atom. The van der Waals surface area contributed by atoms with Gasteiger partial charge >= 0.3 is 0 Å². The summed E-state index contributed by atoms with van der Waals surface area (Å²) >= 11 is 3.33. The summed E-state index contributed by atoms with van der Waals surface area (Å²) in [7, 11) is 0. The van der Waals surface area contributed by atoms with Gasteiger partial charge in [-0.15, -0.1) is 0 Å². The quantitative estimate of drug-likeness (QED) is 0.835. The molecule has 1 saturated heterocycles. The van der Waals surface area contributed by atoms with Gasteiger partial charge in [0.2, 0.25) is 0 Å². The molecule has 1 aliphatic heterocycles. The highest BCUT2D eigenvalue weighted by molar-refractivity contribution is 9.10. The van der Waals surface area contributed by atoms with Gasteiger partial charge in [0.1, 0.15) is 0 Å². The lowest BCUT2D eigenvalue weighted by Crippen LogP contribution is -2.51. The van der Waals surface area contributed by atoms with Crippen molar-refractivity contribution in [2.24, 2.45) is 0 Å². The zero-order valence-electron chi connectivity index (χ0n) is 12.1. The van der Waals surface area contributed by atoms with Crippen molar-refractivity contribution in [2.45, 2.75) is 25.8 Å². The number of aromatic nitrogens is 1. The number of amides is 1. The molecule has 5 nitrogen and oxygen atoms in total. The van der Waals surface area contributed by atoms with Gasteiger partial charge < -0.3 is 4.90 Å². The summed E-state index contributed by atoms with van der Waals surface area (Å²) in [6.45, 7) is 4.92. The van der Waals surface area contributed by atoms with Gasteiger partial charge in [-0.2, -0.15) is 5.26 Å².